The van der Waals surface area contributed by atoms with Crippen molar-refractivity contribution in [2.75, 3.05) is 18.8 Å². The number of hydrogen-bond acceptors (Lipinski definition) is 5. The lowest BCUT2D eigenvalue weighted by molar-refractivity contribution is 0.574. The Labute approximate surface area is 107 Å². The molecular weight excluding hydrogens is 254 g/mol. The van der Waals surface area contributed by atoms with Crippen LogP contribution in [0.25, 0.3) is 0 Å². The molecule has 18 heavy (non-hydrogen) atoms. The van der Waals surface area contributed by atoms with Crippen LogP contribution in [-0.2, 0) is 16.4 Å². The molecule has 1 aliphatic carbocycles. The first-order chi connectivity index (χ1) is 8.66. The summed E-state index contributed by atoms with van der Waals surface area (Å²) in [6, 6.07) is 0.632. The first kappa shape index (κ1) is 13.4. The minimum Gasteiger partial charge on any atom is -0.314 e. The van der Waals surface area contributed by atoms with Gasteiger partial charge in [-0.1, -0.05) is 0 Å². The number of nitrogens with zero attached hydrogens (tertiary/aromatic N) is 2. The quantitative estimate of drug-likeness (QED) is 0.522. The van der Waals surface area contributed by atoms with Gasteiger partial charge >= 0.3 is 0 Å². The lowest BCUT2D eigenvalue weighted by atomic mass is 10.4. The fourth-order valence-corrected chi connectivity index (χ4v) is 2.69. The standard InChI is InChI=1S/C10H19N5O2S/c16-18(17,7-1-5-11-9-2-3-9)14-6-4-10-12-8-13-15-10/h8-9,11,14H,1-7H2,(H,12,13,15). The smallest absolute Gasteiger partial charge is 0.211 e. The van der Waals surface area contributed by atoms with E-state index in [9.17, 15) is 8.42 Å². The predicted octanol–water partition coefficient (Wildman–Crippen LogP) is -0.591. The molecule has 1 fully saturated rings. The number of sulfonamides is 1. The van der Waals surface area contributed by atoms with Crippen LogP contribution < -0.4 is 10.0 Å². The monoisotopic (exact) mass is 273 g/mol. The first-order valence-corrected chi connectivity index (χ1v) is 7.86. The summed E-state index contributed by atoms with van der Waals surface area (Å²) in [5.74, 6) is 0.858. The fraction of sp³-hybridized carbons (Fsp3) is 0.800. The van der Waals surface area contributed by atoms with E-state index in [0.717, 1.165) is 6.54 Å². The summed E-state index contributed by atoms with van der Waals surface area (Å²) in [6.07, 6.45) is 5.03. The molecule has 0 saturated heterocycles. The van der Waals surface area contributed by atoms with E-state index in [0.29, 0.717) is 31.3 Å². The molecule has 1 saturated carbocycles. The van der Waals surface area contributed by atoms with E-state index in [2.05, 4.69) is 25.2 Å². The zero-order chi connectivity index (χ0) is 12.8. The van der Waals surface area contributed by atoms with Gasteiger partial charge in [-0.2, -0.15) is 5.10 Å². The Morgan fingerprint density at radius 1 is 1.39 bits per heavy atom. The minimum atomic E-state index is -3.16. The molecule has 0 unspecified atom stereocenters. The van der Waals surface area contributed by atoms with E-state index in [1.807, 2.05) is 0 Å². The average molecular weight is 273 g/mol. The summed E-state index contributed by atoms with van der Waals surface area (Å²) in [4.78, 5) is 3.93. The summed E-state index contributed by atoms with van der Waals surface area (Å²) < 4.78 is 25.8. The Balaban J connectivity index is 1.57. The van der Waals surface area contributed by atoms with Crippen molar-refractivity contribution in [1.82, 2.24) is 25.2 Å². The van der Waals surface area contributed by atoms with Crippen molar-refractivity contribution in [3.05, 3.63) is 12.2 Å². The first-order valence-electron chi connectivity index (χ1n) is 6.21. The van der Waals surface area contributed by atoms with E-state index < -0.39 is 10.0 Å². The lowest BCUT2D eigenvalue weighted by Gasteiger charge is -2.06. The van der Waals surface area contributed by atoms with Crippen LogP contribution in [0.5, 0.6) is 0 Å². The van der Waals surface area contributed by atoms with Crippen LogP contribution in [0.2, 0.25) is 0 Å². The van der Waals surface area contributed by atoms with Crippen LogP contribution in [0.3, 0.4) is 0 Å². The maximum Gasteiger partial charge on any atom is 0.211 e. The van der Waals surface area contributed by atoms with Crippen LogP contribution in [0, 0.1) is 0 Å². The van der Waals surface area contributed by atoms with E-state index >= 15 is 0 Å². The molecule has 3 N–H and O–H groups in total. The molecule has 1 aromatic rings. The van der Waals surface area contributed by atoms with Crippen molar-refractivity contribution in [2.24, 2.45) is 0 Å². The second-order valence-corrected chi connectivity index (χ2v) is 6.40. The second kappa shape index (κ2) is 6.26. The SMILES string of the molecule is O=S(=O)(CCCNC1CC1)NCCc1ncn[nH]1. The molecule has 7 nitrogen and oxygen atoms in total. The van der Waals surface area contributed by atoms with Gasteiger partial charge < -0.3 is 5.32 Å². The van der Waals surface area contributed by atoms with Crippen molar-refractivity contribution in [3.63, 3.8) is 0 Å². The molecule has 0 atom stereocenters. The zero-order valence-corrected chi connectivity index (χ0v) is 11.0. The highest BCUT2D eigenvalue weighted by Crippen LogP contribution is 2.18. The van der Waals surface area contributed by atoms with Crippen molar-refractivity contribution < 1.29 is 8.42 Å². The van der Waals surface area contributed by atoms with Crippen molar-refractivity contribution in [3.8, 4) is 0 Å². The Bertz CT molecular complexity index is 441. The van der Waals surface area contributed by atoms with Gasteiger partial charge in [0.05, 0.1) is 5.75 Å². The topological polar surface area (TPSA) is 99.8 Å². The van der Waals surface area contributed by atoms with E-state index in [-0.39, 0.29) is 5.75 Å². The summed E-state index contributed by atoms with van der Waals surface area (Å²) in [5.41, 5.74) is 0. The summed E-state index contributed by atoms with van der Waals surface area (Å²) >= 11 is 0. The number of aromatic amines is 1. The van der Waals surface area contributed by atoms with Crippen molar-refractivity contribution in [2.45, 2.75) is 31.7 Å². The Morgan fingerprint density at radius 2 is 2.22 bits per heavy atom. The molecule has 2 rings (SSSR count). The molecular formula is C10H19N5O2S. The van der Waals surface area contributed by atoms with E-state index in [1.54, 1.807) is 0 Å². The molecule has 0 amide bonds. The van der Waals surface area contributed by atoms with E-state index in [4.69, 9.17) is 0 Å². The summed E-state index contributed by atoms with van der Waals surface area (Å²) in [7, 11) is -3.16. The second-order valence-electron chi connectivity index (χ2n) is 4.48. The van der Waals surface area contributed by atoms with Gasteiger partial charge in [-0.25, -0.2) is 18.1 Å². The summed E-state index contributed by atoms with van der Waals surface area (Å²) in [6.45, 7) is 1.13. The van der Waals surface area contributed by atoms with Gasteiger partial charge in [0.2, 0.25) is 10.0 Å². The number of H-pyrrole nitrogens is 1. The normalized spacial score (nSPS) is 16.0. The third-order valence-corrected chi connectivity index (χ3v) is 4.22. The number of aromatic nitrogens is 3. The van der Waals surface area contributed by atoms with Gasteiger partial charge in [0, 0.05) is 19.0 Å². The van der Waals surface area contributed by atoms with Crippen molar-refractivity contribution in [1.29, 1.82) is 0 Å². The minimum absolute atomic E-state index is 0.170. The number of hydrogen-bond donors (Lipinski definition) is 3. The van der Waals surface area contributed by atoms with Gasteiger partial charge in [-0.3, -0.25) is 5.10 Å². The third-order valence-electron chi connectivity index (χ3n) is 2.75. The molecule has 1 aromatic heterocycles. The van der Waals surface area contributed by atoms with Crippen LogP contribution in [0.4, 0.5) is 0 Å². The Morgan fingerprint density at radius 3 is 2.89 bits per heavy atom. The van der Waals surface area contributed by atoms with Gasteiger partial charge in [-0.15, -0.1) is 0 Å². The van der Waals surface area contributed by atoms with Gasteiger partial charge in [0.1, 0.15) is 12.2 Å². The Kier molecular flexibility index (Phi) is 4.67. The maximum absolute atomic E-state index is 11.6. The predicted molar refractivity (Wildman–Crippen MR) is 67.5 cm³/mol. The largest absolute Gasteiger partial charge is 0.314 e. The molecule has 0 aromatic carbocycles. The molecule has 8 heteroatoms. The zero-order valence-electron chi connectivity index (χ0n) is 10.2. The Hall–Kier alpha value is -0.990. The third kappa shape index (κ3) is 5.11. The highest BCUT2D eigenvalue weighted by molar-refractivity contribution is 7.89. The van der Waals surface area contributed by atoms with Gasteiger partial charge in [0.15, 0.2) is 0 Å². The molecule has 0 radical (unpaired) electrons. The van der Waals surface area contributed by atoms with Crippen LogP contribution >= 0.6 is 0 Å². The van der Waals surface area contributed by atoms with E-state index in [1.165, 1.54) is 19.2 Å². The van der Waals surface area contributed by atoms with Gasteiger partial charge in [-0.05, 0) is 25.8 Å². The van der Waals surface area contributed by atoms with Crippen molar-refractivity contribution >= 4 is 10.0 Å². The van der Waals surface area contributed by atoms with Gasteiger partial charge in [0.25, 0.3) is 0 Å². The maximum atomic E-state index is 11.6. The summed E-state index contributed by atoms with van der Waals surface area (Å²) in [5, 5.41) is 9.68. The van der Waals surface area contributed by atoms with Crippen LogP contribution in [-0.4, -0.2) is 48.5 Å². The average Bonchev–Trinajstić information content (AvgIpc) is 3.01. The highest BCUT2D eigenvalue weighted by atomic mass is 32.2. The molecule has 0 spiro atoms. The molecule has 0 bridgehead atoms. The molecule has 0 aliphatic heterocycles. The highest BCUT2D eigenvalue weighted by Gasteiger charge is 2.20. The molecule has 1 aliphatic rings. The molecule has 1 heterocycles. The van der Waals surface area contributed by atoms with Crippen LogP contribution in [0.1, 0.15) is 25.1 Å². The number of nitrogens with one attached hydrogen (secondary N) is 3. The fourth-order valence-electron chi connectivity index (χ4n) is 1.60. The van der Waals surface area contributed by atoms with Crippen LogP contribution in [0.15, 0.2) is 6.33 Å². The molecule has 102 valence electrons. The lowest BCUT2D eigenvalue weighted by Crippen LogP contribution is -2.30. The number of rotatable bonds is 9.